The Hall–Kier alpha value is -0.880. The molecule has 0 aliphatic heterocycles. The van der Waals surface area contributed by atoms with E-state index in [1.54, 1.807) is 30.0 Å². The van der Waals surface area contributed by atoms with Gasteiger partial charge in [-0.1, -0.05) is 0 Å². The van der Waals surface area contributed by atoms with Crippen LogP contribution in [-0.4, -0.2) is 53.1 Å². The summed E-state index contributed by atoms with van der Waals surface area (Å²) in [6, 6.07) is 4.17. The number of aromatic nitrogens is 4. The van der Waals surface area contributed by atoms with Gasteiger partial charge in [-0.3, -0.25) is 0 Å². The minimum absolute atomic E-state index is 0.0487. The second kappa shape index (κ2) is 8.99. The number of nitrogens with zero attached hydrogens (tertiary/aromatic N) is 5. The fraction of sp³-hybridized carbons (Fsp3) is 0.615. The lowest BCUT2D eigenvalue weighted by Gasteiger charge is -2.14. The minimum atomic E-state index is -3.21. The Bertz CT molecular complexity index is 739. The number of nitrogens with one attached hydrogen (secondary N) is 1. The molecule has 0 aromatic carbocycles. The lowest BCUT2D eigenvalue weighted by molar-refractivity contribution is 0.455. The molecule has 0 saturated carbocycles. The normalized spacial score (nSPS) is 11.9. The van der Waals surface area contributed by atoms with Gasteiger partial charge in [-0.2, -0.15) is 22.2 Å². The quantitative estimate of drug-likeness (QED) is 0.773. The largest absolute Gasteiger partial charge is 0.279 e. The number of hydrogen-bond donors (Lipinski definition) is 1. The Morgan fingerprint density at radius 3 is 2.21 bits per heavy atom. The highest BCUT2D eigenvalue weighted by Crippen LogP contribution is 2.28. The van der Waals surface area contributed by atoms with Gasteiger partial charge in [0.2, 0.25) is 5.82 Å². The van der Waals surface area contributed by atoms with Crippen LogP contribution < -0.4 is 4.72 Å². The predicted octanol–water partition coefficient (Wildman–Crippen LogP) is 2.54. The minimum Gasteiger partial charge on any atom is -0.200 e. The molecule has 0 aliphatic rings. The molecule has 2 heterocycles. The Morgan fingerprint density at radius 2 is 1.88 bits per heavy atom. The van der Waals surface area contributed by atoms with Gasteiger partial charge in [0.15, 0.2) is 0 Å². The SMILES string of the molecule is CC(C)NS(=O)(=O)N(C)C.CC(C)n1nnc(-c2ccc(Br)s2)n1. The Balaban J connectivity index is 0.000000257. The lowest BCUT2D eigenvalue weighted by atomic mass is 10.4. The van der Waals surface area contributed by atoms with E-state index in [0.717, 1.165) is 13.0 Å². The fourth-order valence-electron chi connectivity index (χ4n) is 1.38. The van der Waals surface area contributed by atoms with E-state index < -0.39 is 10.2 Å². The summed E-state index contributed by atoms with van der Waals surface area (Å²) in [5.41, 5.74) is 0. The first-order valence-corrected chi connectivity index (χ1v) is 10.3. The maximum atomic E-state index is 11.0. The zero-order valence-electron chi connectivity index (χ0n) is 14.6. The van der Waals surface area contributed by atoms with Crippen molar-refractivity contribution in [1.29, 1.82) is 0 Å². The summed E-state index contributed by atoms with van der Waals surface area (Å²) in [5, 5.41) is 12.2. The van der Waals surface area contributed by atoms with E-state index in [2.05, 4.69) is 36.1 Å². The number of thiophene rings is 1. The molecule has 0 amide bonds. The van der Waals surface area contributed by atoms with Crippen molar-refractivity contribution in [3.63, 3.8) is 0 Å². The van der Waals surface area contributed by atoms with Gasteiger partial charge in [-0.05, 0) is 61.0 Å². The van der Waals surface area contributed by atoms with Crippen LogP contribution in [0.25, 0.3) is 10.7 Å². The lowest BCUT2D eigenvalue weighted by Crippen LogP contribution is -2.39. The summed E-state index contributed by atoms with van der Waals surface area (Å²) in [7, 11) is -0.233. The van der Waals surface area contributed by atoms with Crippen LogP contribution in [0.4, 0.5) is 0 Å². The van der Waals surface area contributed by atoms with Gasteiger partial charge >= 0.3 is 0 Å². The van der Waals surface area contributed by atoms with Crippen LogP contribution in [0.15, 0.2) is 15.9 Å². The molecule has 0 aliphatic carbocycles. The third-order valence-corrected chi connectivity index (χ3v) is 5.90. The number of halogens is 1. The van der Waals surface area contributed by atoms with Crippen LogP contribution in [0, 0.1) is 0 Å². The van der Waals surface area contributed by atoms with Gasteiger partial charge in [-0.25, -0.2) is 0 Å². The highest BCUT2D eigenvalue weighted by atomic mass is 79.9. The number of tetrazole rings is 1. The van der Waals surface area contributed by atoms with E-state index >= 15 is 0 Å². The molecular formula is C13H23BrN6O2S2. The van der Waals surface area contributed by atoms with Crippen LogP contribution in [0.5, 0.6) is 0 Å². The van der Waals surface area contributed by atoms with Crippen molar-refractivity contribution in [1.82, 2.24) is 29.2 Å². The molecule has 0 unspecified atom stereocenters. The van der Waals surface area contributed by atoms with Crippen molar-refractivity contribution in [3.05, 3.63) is 15.9 Å². The molecule has 2 aromatic heterocycles. The third kappa shape index (κ3) is 6.55. The summed E-state index contributed by atoms with van der Waals surface area (Å²) < 4.78 is 26.6. The van der Waals surface area contributed by atoms with E-state index in [-0.39, 0.29) is 12.1 Å². The zero-order valence-corrected chi connectivity index (χ0v) is 17.8. The third-order valence-electron chi connectivity index (χ3n) is 2.55. The van der Waals surface area contributed by atoms with Crippen molar-refractivity contribution in [2.45, 2.75) is 39.8 Å². The first-order valence-electron chi connectivity index (χ1n) is 7.28. The Labute approximate surface area is 155 Å². The van der Waals surface area contributed by atoms with Crippen molar-refractivity contribution in [2.24, 2.45) is 0 Å². The number of rotatable bonds is 5. The van der Waals surface area contributed by atoms with E-state index in [4.69, 9.17) is 0 Å². The van der Waals surface area contributed by atoms with Crippen LogP contribution in [0.2, 0.25) is 0 Å². The predicted molar refractivity (Wildman–Crippen MR) is 100 cm³/mol. The molecule has 2 rings (SSSR count). The molecular weight excluding hydrogens is 416 g/mol. The molecule has 1 N–H and O–H groups in total. The highest BCUT2D eigenvalue weighted by molar-refractivity contribution is 9.11. The van der Waals surface area contributed by atoms with Gasteiger partial charge in [-0.15, -0.1) is 21.5 Å². The molecule has 0 spiro atoms. The monoisotopic (exact) mass is 438 g/mol. The standard InChI is InChI=1S/C8H9BrN4S.C5H14N2O2S/c1-5(2)13-11-8(10-12-13)6-3-4-7(9)14-6;1-5(2)6-10(8,9)7(3)4/h3-5H,1-2H3;5-6H,1-4H3. The number of hydrogen-bond acceptors (Lipinski definition) is 6. The first-order chi connectivity index (χ1) is 11.0. The van der Waals surface area contributed by atoms with Crippen LogP contribution >= 0.6 is 27.3 Å². The van der Waals surface area contributed by atoms with Crippen LogP contribution in [0.1, 0.15) is 33.7 Å². The van der Waals surface area contributed by atoms with Gasteiger partial charge < -0.3 is 0 Å². The zero-order chi connectivity index (χ0) is 18.5. The first kappa shape index (κ1) is 21.2. The molecule has 0 radical (unpaired) electrons. The molecule has 8 nitrogen and oxygen atoms in total. The van der Waals surface area contributed by atoms with Crippen molar-refractivity contribution >= 4 is 37.5 Å². The summed E-state index contributed by atoms with van der Waals surface area (Å²) in [6.45, 7) is 7.60. The van der Waals surface area contributed by atoms with E-state index in [1.165, 1.54) is 14.1 Å². The molecule has 2 aromatic rings. The highest BCUT2D eigenvalue weighted by Gasteiger charge is 2.13. The topological polar surface area (TPSA) is 93.0 Å². The van der Waals surface area contributed by atoms with Crippen LogP contribution in [-0.2, 0) is 10.2 Å². The van der Waals surface area contributed by atoms with E-state index in [0.29, 0.717) is 5.82 Å². The van der Waals surface area contributed by atoms with E-state index in [1.807, 2.05) is 26.0 Å². The van der Waals surface area contributed by atoms with Crippen molar-refractivity contribution in [2.75, 3.05) is 14.1 Å². The fourth-order valence-corrected chi connectivity index (χ4v) is 3.50. The maximum absolute atomic E-state index is 11.0. The summed E-state index contributed by atoms with van der Waals surface area (Å²) in [4.78, 5) is 2.65. The van der Waals surface area contributed by atoms with E-state index in [9.17, 15) is 8.42 Å². The average Bonchev–Trinajstić information content (AvgIpc) is 3.06. The summed E-state index contributed by atoms with van der Waals surface area (Å²) >= 11 is 5.01. The van der Waals surface area contributed by atoms with Gasteiger partial charge in [0.25, 0.3) is 10.2 Å². The van der Waals surface area contributed by atoms with Gasteiger partial charge in [0, 0.05) is 20.1 Å². The molecule has 11 heteroatoms. The maximum Gasteiger partial charge on any atom is 0.279 e. The van der Waals surface area contributed by atoms with Gasteiger partial charge in [0.05, 0.1) is 14.7 Å². The average molecular weight is 439 g/mol. The molecule has 0 fully saturated rings. The van der Waals surface area contributed by atoms with Gasteiger partial charge in [0.1, 0.15) is 0 Å². The molecule has 0 atom stereocenters. The molecule has 0 saturated heterocycles. The van der Waals surface area contributed by atoms with Crippen molar-refractivity contribution in [3.8, 4) is 10.7 Å². The van der Waals surface area contributed by atoms with Crippen LogP contribution in [0.3, 0.4) is 0 Å². The Kier molecular flexibility index (Phi) is 7.93. The summed E-state index contributed by atoms with van der Waals surface area (Å²) in [6.07, 6.45) is 0. The second-order valence-electron chi connectivity index (χ2n) is 5.69. The molecule has 0 bridgehead atoms. The second-order valence-corrected chi connectivity index (χ2v) is 10.1. The molecule has 24 heavy (non-hydrogen) atoms. The molecule has 136 valence electrons. The van der Waals surface area contributed by atoms with Crippen molar-refractivity contribution < 1.29 is 8.42 Å². The Morgan fingerprint density at radius 1 is 1.25 bits per heavy atom. The summed E-state index contributed by atoms with van der Waals surface area (Å²) in [5.74, 6) is 0.689. The smallest absolute Gasteiger partial charge is 0.200 e.